The van der Waals surface area contributed by atoms with Crippen LogP contribution in [0.25, 0.3) is 0 Å². The molecule has 1 aliphatic heterocycles. The maximum atomic E-state index is 11.4. The number of piperidine rings is 1. The van der Waals surface area contributed by atoms with Gasteiger partial charge in [0.1, 0.15) is 0 Å². The number of amides is 2. The number of rotatable bonds is 3. The molecule has 0 aliphatic carbocycles. The molecule has 2 N–H and O–H groups in total. The highest BCUT2D eigenvalue weighted by Crippen LogP contribution is 2.05. The summed E-state index contributed by atoms with van der Waals surface area (Å²) in [6.45, 7) is 0.572. The average molecular weight is 222 g/mol. The highest BCUT2D eigenvalue weighted by Gasteiger charge is 2.25. The molecular weight excluding hydrogens is 208 g/mol. The second-order valence-corrected chi connectivity index (χ2v) is 3.83. The topological polar surface area (TPSA) is 76.0 Å². The van der Waals surface area contributed by atoms with E-state index in [1.54, 1.807) is 10.9 Å². The van der Waals surface area contributed by atoms with E-state index in [0.717, 1.165) is 5.69 Å². The second kappa shape index (κ2) is 4.44. The van der Waals surface area contributed by atoms with Crippen LogP contribution in [0.1, 0.15) is 18.5 Å². The highest BCUT2D eigenvalue weighted by atomic mass is 16.2. The van der Waals surface area contributed by atoms with E-state index in [1.807, 2.05) is 13.1 Å². The minimum absolute atomic E-state index is 0.191. The third-order valence-electron chi connectivity index (χ3n) is 2.69. The van der Waals surface area contributed by atoms with Crippen LogP contribution in [0, 0.1) is 0 Å². The summed E-state index contributed by atoms with van der Waals surface area (Å²) in [6, 6.07) is 1.60. The Hall–Kier alpha value is -1.69. The molecular formula is C10H14N4O2. The van der Waals surface area contributed by atoms with Crippen LogP contribution in [-0.2, 0) is 23.2 Å². The van der Waals surface area contributed by atoms with Crippen LogP contribution in [0.5, 0.6) is 0 Å². The van der Waals surface area contributed by atoms with Crippen molar-refractivity contribution in [2.45, 2.75) is 25.4 Å². The molecule has 0 spiro atoms. The Morgan fingerprint density at radius 1 is 1.62 bits per heavy atom. The molecule has 2 heterocycles. The van der Waals surface area contributed by atoms with E-state index in [2.05, 4.69) is 15.7 Å². The first-order valence-electron chi connectivity index (χ1n) is 5.21. The number of nitrogens with one attached hydrogen (secondary N) is 2. The third-order valence-corrected chi connectivity index (χ3v) is 2.69. The first kappa shape index (κ1) is 10.8. The Balaban J connectivity index is 1.89. The predicted octanol–water partition coefficient (Wildman–Crippen LogP) is -0.685. The van der Waals surface area contributed by atoms with Crippen molar-refractivity contribution in [2.24, 2.45) is 7.05 Å². The van der Waals surface area contributed by atoms with Crippen LogP contribution in [0.15, 0.2) is 12.3 Å². The Kier molecular flexibility index (Phi) is 3.00. The van der Waals surface area contributed by atoms with Crippen molar-refractivity contribution in [1.82, 2.24) is 20.4 Å². The molecule has 0 saturated carbocycles. The number of aryl methyl sites for hydroxylation is 1. The van der Waals surface area contributed by atoms with Crippen molar-refractivity contribution in [1.29, 1.82) is 0 Å². The zero-order valence-electron chi connectivity index (χ0n) is 9.06. The van der Waals surface area contributed by atoms with E-state index in [9.17, 15) is 9.59 Å². The normalized spacial score (nSPS) is 20.9. The van der Waals surface area contributed by atoms with E-state index >= 15 is 0 Å². The molecule has 6 heteroatoms. The Labute approximate surface area is 93.0 Å². The highest BCUT2D eigenvalue weighted by molar-refractivity contribution is 6.00. The van der Waals surface area contributed by atoms with Gasteiger partial charge in [-0.2, -0.15) is 5.10 Å². The van der Waals surface area contributed by atoms with E-state index in [0.29, 0.717) is 19.4 Å². The molecule has 1 aliphatic rings. The smallest absolute Gasteiger partial charge is 0.243 e. The van der Waals surface area contributed by atoms with Gasteiger partial charge < -0.3 is 5.32 Å². The van der Waals surface area contributed by atoms with Crippen LogP contribution >= 0.6 is 0 Å². The molecule has 16 heavy (non-hydrogen) atoms. The third kappa shape index (κ3) is 2.27. The van der Waals surface area contributed by atoms with Crippen molar-refractivity contribution in [3.05, 3.63) is 18.0 Å². The first-order chi connectivity index (χ1) is 7.66. The summed E-state index contributed by atoms with van der Waals surface area (Å²) in [4.78, 5) is 22.4. The Morgan fingerprint density at radius 3 is 3.06 bits per heavy atom. The summed E-state index contributed by atoms with van der Waals surface area (Å²) < 4.78 is 1.75. The van der Waals surface area contributed by atoms with Gasteiger partial charge in [-0.3, -0.25) is 19.6 Å². The van der Waals surface area contributed by atoms with Gasteiger partial charge in [0.2, 0.25) is 11.8 Å². The summed E-state index contributed by atoms with van der Waals surface area (Å²) in [6.07, 6.45) is 2.67. The zero-order chi connectivity index (χ0) is 11.5. The summed E-state index contributed by atoms with van der Waals surface area (Å²) in [5.41, 5.74) is 1.00. The van der Waals surface area contributed by atoms with Crippen LogP contribution in [0.4, 0.5) is 0 Å². The lowest BCUT2D eigenvalue weighted by Crippen LogP contribution is -2.50. The molecule has 2 rings (SSSR count). The van der Waals surface area contributed by atoms with Crippen LogP contribution in [0.3, 0.4) is 0 Å². The number of hydrogen-bond acceptors (Lipinski definition) is 4. The number of aromatic nitrogens is 2. The number of carbonyl (C=O) groups is 2. The van der Waals surface area contributed by atoms with Gasteiger partial charge in [-0.15, -0.1) is 0 Å². The minimum Gasteiger partial charge on any atom is -0.300 e. The van der Waals surface area contributed by atoms with E-state index in [1.165, 1.54) is 0 Å². The minimum atomic E-state index is -0.285. The van der Waals surface area contributed by atoms with Crippen molar-refractivity contribution >= 4 is 11.8 Å². The van der Waals surface area contributed by atoms with Crippen molar-refractivity contribution in [2.75, 3.05) is 0 Å². The Morgan fingerprint density at radius 2 is 2.44 bits per heavy atom. The van der Waals surface area contributed by atoms with Crippen molar-refractivity contribution in [3.8, 4) is 0 Å². The molecule has 1 aromatic rings. The summed E-state index contributed by atoms with van der Waals surface area (Å²) in [7, 11) is 1.85. The van der Waals surface area contributed by atoms with Gasteiger partial charge in [0.15, 0.2) is 0 Å². The molecule has 0 bridgehead atoms. The fourth-order valence-electron chi connectivity index (χ4n) is 1.69. The molecule has 0 aromatic carbocycles. The zero-order valence-corrected chi connectivity index (χ0v) is 9.06. The standard InChI is InChI=1S/C10H14N4O2/c1-14-7(4-5-12-14)6-11-8-2-3-9(15)13-10(8)16/h4-5,8,11H,2-3,6H2,1H3,(H,13,15,16)/t8-/m0/s1. The summed E-state index contributed by atoms with van der Waals surface area (Å²) in [5.74, 6) is -0.429. The number of imide groups is 1. The fraction of sp³-hybridized carbons (Fsp3) is 0.500. The largest absolute Gasteiger partial charge is 0.300 e. The van der Waals surface area contributed by atoms with Gasteiger partial charge >= 0.3 is 0 Å². The van der Waals surface area contributed by atoms with E-state index in [-0.39, 0.29) is 17.9 Å². The lowest BCUT2D eigenvalue weighted by Gasteiger charge is -2.21. The number of carbonyl (C=O) groups excluding carboxylic acids is 2. The monoisotopic (exact) mass is 222 g/mol. The molecule has 1 fully saturated rings. The SMILES string of the molecule is Cn1nccc1CN[C@H]1CCC(=O)NC1=O. The van der Waals surface area contributed by atoms with Gasteiger partial charge in [0, 0.05) is 26.2 Å². The Bertz CT molecular complexity index is 413. The van der Waals surface area contributed by atoms with Crippen molar-refractivity contribution in [3.63, 3.8) is 0 Å². The van der Waals surface area contributed by atoms with Crippen LogP contribution in [-0.4, -0.2) is 27.6 Å². The average Bonchev–Trinajstić information content (AvgIpc) is 2.63. The van der Waals surface area contributed by atoms with Crippen molar-refractivity contribution < 1.29 is 9.59 Å². The lowest BCUT2D eigenvalue weighted by molar-refractivity contribution is -0.134. The van der Waals surface area contributed by atoms with Gasteiger partial charge in [0.25, 0.3) is 0 Å². The summed E-state index contributed by atoms with van der Waals surface area (Å²) in [5, 5.41) is 9.45. The molecule has 2 amide bonds. The van der Waals surface area contributed by atoms with Crippen LogP contribution in [0.2, 0.25) is 0 Å². The van der Waals surface area contributed by atoms with Crippen LogP contribution < -0.4 is 10.6 Å². The van der Waals surface area contributed by atoms with Gasteiger partial charge in [-0.05, 0) is 12.5 Å². The molecule has 1 saturated heterocycles. The number of hydrogen-bond donors (Lipinski definition) is 2. The van der Waals surface area contributed by atoms with Gasteiger partial charge in [0.05, 0.1) is 11.7 Å². The first-order valence-corrected chi connectivity index (χ1v) is 5.21. The maximum Gasteiger partial charge on any atom is 0.243 e. The molecule has 1 atom stereocenters. The van der Waals surface area contributed by atoms with E-state index < -0.39 is 0 Å². The molecule has 0 unspecified atom stereocenters. The molecule has 1 aromatic heterocycles. The van der Waals surface area contributed by atoms with Gasteiger partial charge in [-0.1, -0.05) is 0 Å². The molecule has 0 radical (unpaired) electrons. The second-order valence-electron chi connectivity index (χ2n) is 3.83. The molecule has 86 valence electrons. The predicted molar refractivity (Wildman–Crippen MR) is 56.2 cm³/mol. The van der Waals surface area contributed by atoms with Gasteiger partial charge in [-0.25, -0.2) is 0 Å². The molecule has 6 nitrogen and oxygen atoms in total. The fourth-order valence-corrected chi connectivity index (χ4v) is 1.69. The lowest BCUT2D eigenvalue weighted by atomic mass is 10.1. The quantitative estimate of drug-likeness (QED) is 0.664. The van der Waals surface area contributed by atoms with E-state index in [4.69, 9.17) is 0 Å². The maximum absolute atomic E-state index is 11.4. The summed E-state index contributed by atoms with van der Waals surface area (Å²) >= 11 is 0. The number of nitrogens with zero attached hydrogens (tertiary/aromatic N) is 2.